The summed E-state index contributed by atoms with van der Waals surface area (Å²) in [6.45, 7) is 1.97. The minimum atomic E-state index is -0.702. The van der Waals surface area contributed by atoms with E-state index in [0.717, 1.165) is 16.2 Å². The number of imide groups is 1. The highest BCUT2D eigenvalue weighted by Crippen LogP contribution is 2.53. The van der Waals surface area contributed by atoms with Crippen LogP contribution in [0.3, 0.4) is 0 Å². The van der Waals surface area contributed by atoms with Crippen LogP contribution in [0.25, 0.3) is 0 Å². The van der Waals surface area contributed by atoms with Crippen LogP contribution in [-0.2, 0) is 14.3 Å². The molecule has 2 aliphatic rings. The Bertz CT molecular complexity index is 1230. The molecule has 1 saturated heterocycles. The lowest BCUT2D eigenvalue weighted by Crippen LogP contribution is -2.32. The van der Waals surface area contributed by atoms with E-state index >= 15 is 0 Å². The number of nitrogens with one attached hydrogen (secondary N) is 1. The molecule has 1 N–H and O–H groups in total. The van der Waals surface area contributed by atoms with Crippen molar-refractivity contribution in [2.75, 3.05) is 11.5 Å². The standard InChI is InChI=1S/C21H16N2O6S2/c1-2-28-20(26)10-5-7-11(8-6-10)23-18(24)14-13(12-4-3-9-29-12)15-17(22-21(27)31-15)30-16(14)19(23)25/h3-9,13-14,16H,2H2,1H3,(H,22,27)/t13-,14-,16+/m0/s1. The highest BCUT2D eigenvalue weighted by molar-refractivity contribution is 8.00. The van der Waals surface area contributed by atoms with Gasteiger partial charge in [-0.15, -0.1) is 0 Å². The Morgan fingerprint density at radius 3 is 2.61 bits per heavy atom. The molecular formula is C21H16N2O6S2. The molecule has 5 rings (SSSR count). The summed E-state index contributed by atoms with van der Waals surface area (Å²) >= 11 is 2.23. The lowest BCUT2D eigenvalue weighted by atomic mass is 9.87. The molecule has 4 heterocycles. The Balaban J connectivity index is 1.53. The fourth-order valence-corrected chi connectivity index (χ4v) is 6.50. The van der Waals surface area contributed by atoms with Crippen molar-refractivity contribution in [1.82, 2.24) is 4.98 Å². The molecule has 1 aromatic carbocycles. The average molecular weight is 457 g/mol. The highest BCUT2D eigenvalue weighted by Gasteiger charge is 2.57. The molecule has 2 amide bonds. The lowest BCUT2D eigenvalue weighted by molar-refractivity contribution is -0.122. The first kappa shape index (κ1) is 19.8. The van der Waals surface area contributed by atoms with Gasteiger partial charge < -0.3 is 14.1 Å². The van der Waals surface area contributed by atoms with Crippen molar-refractivity contribution in [2.24, 2.45) is 5.92 Å². The first-order valence-electron chi connectivity index (χ1n) is 9.57. The van der Waals surface area contributed by atoms with Crippen LogP contribution in [0.1, 0.15) is 33.8 Å². The van der Waals surface area contributed by atoms with E-state index < -0.39 is 23.1 Å². The van der Waals surface area contributed by atoms with E-state index in [0.29, 0.717) is 26.9 Å². The molecule has 0 aliphatic carbocycles. The molecule has 8 nitrogen and oxygen atoms in total. The predicted octanol–water partition coefficient (Wildman–Crippen LogP) is 3.00. The van der Waals surface area contributed by atoms with Crippen molar-refractivity contribution in [3.05, 3.63) is 68.5 Å². The summed E-state index contributed by atoms with van der Waals surface area (Å²) in [4.78, 5) is 55.0. The molecule has 31 heavy (non-hydrogen) atoms. The van der Waals surface area contributed by atoms with E-state index in [1.165, 1.54) is 30.2 Å². The molecule has 3 aromatic rings. The Labute approximate surface area is 184 Å². The molecule has 3 atom stereocenters. The molecule has 0 unspecified atom stereocenters. The van der Waals surface area contributed by atoms with Gasteiger partial charge in [-0.2, -0.15) is 0 Å². The number of anilines is 1. The van der Waals surface area contributed by atoms with Crippen molar-refractivity contribution >= 4 is 46.6 Å². The Kier molecular flexibility index (Phi) is 4.82. The number of hydrogen-bond donors (Lipinski definition) is 1. The first-order chi connectivity index (χ1) is 15.0. The number of fused-ring (bicyclic) bond motifs is 2. The summed E-state index contributed by atoms with van der Waals surface area (Å²) in [6.07, 6.45) is 1.51. The van der Waals surface area contributed by atoms with E-state index in [9.17, 15) is 19.2 Å². The number of ether oxygens (including phenoxy) is 1. The second-order valence-electron chi connectivity index (χ2n) is 7.04. The van der Waals surface area contributed by atoms with Crippen LogP contribution in [-0.4, -0.2) is 34.6 Å². The fraction of sp³-hybridized carbons (Fsp3) is 0.238. The largest absolute Gasteiger partial charge is 0.469 e. The number of thiazole rings is 1. The number of esters is 1. The number of rotatable bonds is 4. The molecule has 0 spiro atoms. The van der Waals surface area contributed by atoms with Gasteiger partial charge in [0.1, 0.15) is 11.0 Å². The maximum atomic E-state index is 13.5. The number of aromatic nitrogens is 1. The Morgan fingerprint density at radius 1 is 1.16 bits per heavy atom. The first-order valence-corrected chi connectivity index (χ1v) is 11.3. The number of nitrogens with zero attached hydrogens (tertiary/aromatic N) is 1. The quantitative estimate of drug-likeness (QED) is 0.475. The zero-order valence-corrected chi connectivity index (χ0v) is 17.8. The summed E-state index contributed by atoms with van der Waals surface area (Å²) in [7, 11) is 0. The van der Waals surface area contributed by atoms with Gasteiger partial charge in [-0.05, 0) is 43.3 Å². The van der Waals surface area contributed by atoms with Gasteiger partial charge >= 0.3 is 10.8 Å². The predicted molar refractivity (Wildman–Crippen MR) is 114 cm³/mol. The summed E-state index contributed by atoms with van der Waals surface area (Å²) in [5.41, 5.74) is 0.720. The summed E-state index contributed by atoms with van der Waals surface area (Å²) < 4.78 is 10.6. The number of amides is 2. The molecule has 2 aliphatic heterocycles. The van der Waals surface area contributed by atoms with Gasteiger partial charge in [0.15, 0.2) is 0 Å². The van der Waals surface area contributed by atoms with Crippen LogP contribution in [0.4, 0.5) is 5.69 Å². The number of thioether (sulfide) groups is 1. The van der Waals surface area contributed by atoms with Crippen molar-refractivity contribution < 1.29 is 23.5 Å². The van der Waals surface area contributed by atoms with Crippen molar-refractivity contribution in [3.8, 4) is 0 Å². The normalized spacial score (nSPS) is 22.4. The molecule has 158 valence electrons. The number of benzene rings is 1. The molecule has 2 aromatic heterocycles. The molecule has 0 saturated carbocycles. The van der Waals surface area contributed by atoms with E-state index in [1.807, 2.05) is 0 Å². The number of hydrogen-bond acceptors (Lipinski definition) is 8. The van der Waals surface area contributed by atoms with E-state index in [1.54, 1.807) is 31.2 Å². The van der Waals surface area contributed by atoms with E-state index in [4.69, 9.17) is 9.15 Å². The molecular weight excluding hydrogens is 440 g/mol. The van der Waals surface area contributed by atoms with Crippen molar-refractivity contribution in [3.63, 3.8) is 0 Å². The summed E-state index contributed by atoms with van der Waals surface area (Å²) in [6, 6.07) is 9.64. The fourth-order valence-electron chi connectivity index (χ4n) is 4.01. The molecule has 0 bridgehead atoms. The number of H-pyrrole nitrogens is 1. The second-order valence-corrected chi connectivity index (χ2v) is 9.21. The zero-order valence-electron chi connectivity index (χ0n) is 16.2. The smallest absolute Gasteiger partial charge is 0.338 e. The zero-order chi connectivity index (χ0) is 21.7. The summed E-state index contributed by atoms with van der Waals surface area (Å²) in [5.74, 6) is -1.89. The highest BCUT2D eigenvalue weighted by atomic mass is 32.2. The maximum Gasteiger partial charge on any atom is 0.338 e. The van der Waals surface area contributed by atoms with Crippen LogP contribution in [0.2, 0.25) is 0 Å². The Hall–Kier alpha value is -3.11. The van der Waals surface area contributed by atoms with Gasteiger partial charge in [0.25, 0.3) is 0 Å². The van der Waals surface area contributed by atoms with Crippen LogP contribution >= 0.6 is 23.1 Å². The SMILES string of the molecule is CCOC(=O)c1ccc(N2C(=O)[C@H]3[C@H](c4ccco4)c4sc(=O)[nH]c4S[C@H]3C2=O)cc1. The monoisotopic (exact) mass is 456 g/mol. The minimum absolute atomic E-state index is 0.236. The van der Waals surface area contributed by atoms with Gasteiger partial charge in [-0.25, -0.2) is 9.69 Å². The second kappa shape index (κ2) is 7.54. The van der Waals surface area contributed by atoms with Crippen molar-refractivity contribution in [2.45, 2.75) is 23.1 Å². The molecule has 0 radical (unpaired) electrons. The van der Waals surface area contributed by atoms with Crippen LogP contribution in [0.5, 0.6) is 0 Å². The van der Waals surface area contributed by atoms with Gasteiger partial charge in [-0.1, -0.05) is 23.1 Å². The van der Waals surface area contributed by atoms with E-state index in [2.05, 4.69) is 4.98 Å². The lowest BCUT2D eigenvalue weighted by Gasteiger charge is -2.27. The number of aromatic amines is 1. The van der Waals surface area contributed by atoms with Gasteiger partial charge in [0.2, 0.25) is 11.8 Å². The summed E-state index contributed by atoms with van der Waals surface area (Å²) in [5, 5.41) is -0.0941. The third-order valence-electron chi connectivity index (χ3n) is 5.31. The van der Waals surface area contributed by atoms with Gasteiger partial charge in [0, 0.05) is 0 Å². The molecule has 10 heteroatoms. The third kappa shape index (κ3) is 3.14. The number of carbonyl (C=O) groups excluding carboxylic acids is 3. The van der Waals surface area contributed by atoms with Crippen molar-refractivity contribution in [1.29, 1.82) is 0 Å². The van der Waals surface area contributed by atoms with Crippen LogP contribution in [0.15, 0.2) is 56.9 Å². The number of furan rings is 1. The van der Waals surface area contributed by atoms with Crippen LogP contribution in [0, 0.1) is 5.92 Å². The topological polar surface area (TPSA) is 110 Å². The molecule has 1 fully saturated rings. The third-order valence-corrected chi connectivity index (χ3v) is 7.71. The Morgan fingerprint density at radius 2 is 1.94 bits per heavy atom. The van der Waals surface area contributed by atoms with Gasteiger partial charge in [-0.3, -0.25) is 14.4 Å². The number of carbonyl (C=O) groups is 3. The van der Waals surface area contributed by atoms with Crippen LogP contribution < -0.4 is 9.77 Å². The maximum absolute atomic E-state index is 13.5. The average Bonchev–Trinajstić information content (AvgIpc) is 3.46. The minimum Gasteiger partial charge on any atom is -0.469 e. The van der Waals surface area contributed by atoms with Gasteiger partial charge in [0.05, 0.1) is 45.9 Å². The van der Waals surface area contributed by atoms with E-state index in [-0.39, 0.29) is 23.3 Å².